The summed E-state index contributed by atoms with van der Waals surface area (Å²) in [6.07, 6.45) is 0.769. The van der Waals surface area contributed by atoms with Gasteiger partial charge in [-0.2, -0.15) is 0 Å². The number of hydrogen-bond acceptors (Lipinski definition) is 5. The number of nitrogens with one attached hydrogen (secondary N) is 1. The number of rotatable bonds is 4. The number of aromatic nitrogens is 2. The number of hydrogen-bond donors (Lipinski definition) is 1. The molecule has 6 nitrogen and oxygen atoms in total. The van der Waals surface area contributed by atoms with Crippen molar-refractivity contribution in [3.8, 4) is 0 Å². The highest BCUT2D eigenvalue weighted by molar-refractivity contribution is 5.98. The SMILES string of the molecule is Fc1ccc([C@@H]2NC3=NCN(CCc4ccccc4)CN3c3nc4ccccc4n32)cc1. The van der Waals surface area contributed by atoms with Gasteiger partial charge in [0.2, 0.25) is 11.9 Å². The Morgan fingerprint density at radius 1 is 0.938 bits per heavy atom. The van der Waals surface area contributed by atoms with Gasteiger partial charge in [-0.25, -0.2) is 14.4 Å². The average molecular weight is 426 g/mol. The molecule has 0 spiro atoms. The minimum atomic E-state index is -0.244. The van der Waals surface area contributed by atoms with Crippen LogP contribution in [0.2, 0.25) is 0 Å². The largest absolute Gasteiger partial charge is 0.331 e. The van der Waals surface area contributed by atoms with Gasteiger partial charge in [-0.3, -0.25) is 14.4 Å². The lowest BCUT2D eigenvalue weighted by molar-refractivity contribution is 0.275. The van der Waals surface area contributed by atoms with Gasteiger partial charge in [0.1, 0.15) is 12.0 Å². The summed E-state index contributed by atoms with van der Waals surface area (Å²) in [7, 11) is 0. The minimum Gasteiger partial charge on any atom is -0.331 e. The minimum absolute atomic E-state index is 0.205. The Morgan fingerprint density at radius 3 is 2.56 bits per heavy atom. The summed E-state index contributed by atoms with van der Waals surface area (Å²) in [5, 5.41) is 3.57. The molecule has 0 amide bonds. The Hall–Kier alpha value is -3.71. The lowest BCUT2D eigenvalue weighted by Gasteiger charge is -2.41. The van der Waals surface area contributed by atoms with Gasteiger partial charge < -0.3 is 5.32 Å². The van der Waals surface area contributed by atoms with Crippen molar-refractivity contribution in [2.24, 2.45) is 4.99 Å². The van der Waals surface area contributed by atoms with Crippen LogP contribution in [-0.4, -0.2) is 40.3 Å². The molecule has 3 aromatic carbocycles. The van der Waals surface area contributed by atoms with Crippen LogP contribution in [0.4, 0.5) is 10.3 Å². The second kappa shape index (κ2) is 7.76. The number of para-hydroxylation sites is 2. The second-order valence-electron chi connectivity index (χ2n) is 8.19. The zero-order valence-electron chi connectivity index (χ0n) is 17.5. The van der Waals surface area contributed by atoms with Crippen molar-refractivity contribution in [1.82, 2.24) is 19.8 Å². The molecule has 6 rings (SSSR count). The summed E-state index contributed by atoms with van der Waals surface area (Å²) in [6.45, 7) is 2.25. The molecule has 4 aromatic rings. The van der Waals surface area contributed by atoms with Crippen LogP contribution >= 0.6 is 0 Å². The van der Waals surface area contributed by atoms with Gasteiger partial charge in [0.05, 0.1) is 24.4 Å². The number of imidazole rings is 1. The fourth-order valence-corrected chi connectivity index (χ4v) is 4.46. The molecule has 2 aliphatic rings. The van der Waals surface area contributed by atoms with Gasteiger partial charge in [-0.15, -0.1) is 0 Å². The molecule has 3 heterocycles. The maximum atomic E-state index is 13.6. The average Bonchev–Trinajstić information content (AvgIpc) is 3.23. The summed E-state index contributed by atoms with van der Waals surface area (Å²) < 4.78 is 15.8. The Balaban J connectivity index is 1.35. The van der Waals surface area contributed by atoms with E-state index in [1.165, 1.54) is 17.7 Å². The van der Waals surface area contributed by atoms with Crippen LogP contribution in [0.5, 0.6) is 0 Å². The quantitative estimate of drug-likeness (QED) is 0.537. The van der Waals surface area contributed by atoms with Crippen LogP contribution < -0.4 is 10.2 Å². The summed E-state index contributed by atoms with van der Waals surface area (Å²) >= 11 is 0. The third kappa shape index (κ3) is 3.31. The number of anilines is 1. The normalized spacial score (nSPS) is 18.1. The number of guanidine groups is 1. The summed E-state index contributed by atoms with van der Waals surface area (Å²) in [6, 6.07) is 25.3. The molecule has 1 aromatic heterocycles. The monoisotopic (exact) mass is 426 g/mol. The summed E-state index contributed by atoms with van der Waals surface area (Å²) in [5.41, 5.74) is 4.25. The van der Waals surface area contributed by atoms with E-state index < -0.39 is 0 Å². The molecule has 160 valence electrons. The van der Waals surface area contributed by atoms with Gasteiger partial charge in [-0.1, -0.05) is 54.6 Å². The maximum absolute atomic E-state index is 13.6. The molecule has 7 heteroatoms. The first-order chi connectivity index (χ1) is 15.8. The van der Waals surface area contributed by atoms with E-state index in [4.69, 9.17) is 9.98 Å². The van der Waals surface area contributed by atoms with E-state index in [1.807, 2.05) is 36.4 Å². The Bertz CT molecular complexity index is 1280. The molecule has 0 unspecified atom stereocenters. The number of nitrogens with zero attached hydrogens (tertiary/aromatic N) is 5. The van der Waals surface area contributed by atoms with Crippen LogP contribution in [0.15, 0.2) is 83.9 Å². The van der Waals surface area contributed by atoms with Crippen LogP contribution in [-0.2, 0) is 6.42 Å². The smallest absolute Gasteiger partial charge is 0.216 e. The van der Waals surface area contributed by atoms with Crippen molar-refractivity contribution in [2.45, 2.75) is 12.6 Å². The molecule has 1 N–H and O–H groups in total. The first kappa shape index (κ1) is 19.0. The van der Waals surface area contributed by atoms with E-state index in [0.717, 1.165) is 41.5 Å². The molecule has 0 aliphatic carbocycles. The Kier molecular flexibility index (Phi) is 4.61. The van der Waals surface area contributed by atoms with Crippen molar-refractivity contribution in [3.05, 3.63) is 95.8 Å². The lowest BCUT2D eigenvalue weighted by atomic mass is 10.1. The second-order valence-corrected chi connectivity index (χ2v) is 8.19. The number of fused-ring (bicyclic) bond motifs is 5. The van der Waals surface area contributed by atoms with Crippen LogP contribution in [0, 0.1) is 5.82 Å². The van der Waals surface area contributed by atoms with E-state index in [2.05, 4.69) is 50.0 Å². The van der Waals surface area contributed by atoms with Crippen molar-refractivity contribution >= 4 is 22.9 Å². The zero-order valence-corrected chi connectivity index (χ0v) is 17.5. The van der Waals surface area contributed by atoms with Crippen molar-refractivity contribution < 1.29 is 4.39 Å². The molecule has 0 bridgehead atoms. The standard InChI is InChI=1S/C25H23FN6/c26-20-12-10-19(11-13-20)23-29-24-27-16-30(15-14-18-6-2-1-3-7-18)17-31(24)25-28-21-8-4-5-9-22(21)32(23)25/h1-13,23H,14-17H2,(H,27,29)/t23-/m1/s1. The van der Waals surface area contributed by atoms with Gasteiger partial charge in [-0.05, 0) is 41.8 Å². The Morgan fingerprint density at radius 2 is 1.72 bits per heavy atom. The molecule has 1 atom stereocenters. The predicted octanol–water partition coefficient (Wildman–Crippen LogP) is 3.96. The van der Waals surface area contributed by atoms with E-state index in [1.54, 1.807) is 0 Å². The first-order valence-electron chi connectivity index (χ1n) is 10.8. The van der Waals surface area contributed by atoms with E-state index in [9.17, 15) is 4.39 Å². The number of benzene rings is 3. The predicted molar refractivity (Wildman–Crippen MR) is 124 cm³/mol. The van der Waals surface area contributed by atoms with Gasteiger partial charge >= 0.3 is 0 Å². The van der Waals surface area contributed by atoms with Crippen molar-refractivity contribution in [2.75, 3.05) is 24.8 Å². The third-order valence-corrected chi connectivity index (χ3v) is 6.11. The molecule has 0 fully saturated rings. The highest BCUT2D eigenvalue weighted by atomic mass is 19.1. The van der Waals surface area contributed by atoms with E-state index >= 15 is 0 Å². The molecule has 32 heavy (non-hydrogen) atoms. The van der Waals surface area contributed by atoms with E-state index in [0.29, 0.717) is 13.3 Å². The first-order valence-corrected chi connectivity index (χ1v) is 10.8. The fourth-order valence-electron chi connectivity index (χ4n) is 4.46. The van der Waals surface area contributed by atoms with Crippen LogP contribution in [0.3, 0.4) is 0 Å². The van der Waals surface area contributed by atoms with Crippen LogP contribution in [0.25, 0.3) is 11.0 Å². The summed E-state index contributed by atoms with van der Waals surface area (Å²) in [5.74, 6) is 1.41. The Labute approximate surface area is 185 Å². The van der Waals surface area contributed by atoms with Gasteiger partial charge in [0.15, 0.2) is 0 Å². The van der Waals surface area contributed by atoms with Crippen molar-refractivity contribution in [3.63, 3.8) is 0 Å². The molecule has 0 saturated heterocycles. The van der Waals surface area contributed by atoms with Crippen LogP contribution in [0.1, 0.15) is 17.3 Å². The third-order valence-electron chi connectivity index (χ3n) is 6.11. The van der Waals surface area contributed by atoms with Gasteiger partial charge in [0.25, 0.3) is 0 Å². The van der Waals surface area contributed by atoms with E-state index in [-0.39, 0.29) is 12.0 Å². The topological polar surface area (TPSA) is 48.7 Å². The van der Waals surface area contributed by atoms with Gasteiger partial charge in [0, 0.05) is 6.54 Å². The maximum Gasteiger partial charge on any atom is 0.216 e. The van der Waals surface area contributed by atoms with Crippen molar-refractivity contribution in [1.29, 1.82) is 0 Å². The highest BCUT2D eigenvalue weighted by Crippen LogP contribution is 2.33. The lowest BCUT2D eigenvalue weighted by Crippen LogP contribution is -2.57. The zero-order chi connectivity index (χ0) is 21.5. The molecular weight excluding hydrogens is 403 g/mol. The number of aliphatic imine (C=N–C) groups is 1. The number of halogens is 1. The fraction of sp³-hybridized carbons (Fsp3) is 0.200. The molecule has 0 saturated carbocycles. The molecule has 0 radical (unpaired) electrons. The highest BCUT2D eigenvalue weighted by Gasteiger charge is 2.35. The molecular formula is C25H23FN6. The summed E-state index contributed by atoms with van der Waals surface area (Å²) in [4.78, 5) is 14.2. The molecule has 2 aliphatic heterocycles.